The standard InChI is InChI=1S/C15H17FN2O2/c1-17-6-7-18(11-15(17)20)10-13-4-5-14(16)9-12(13)3-2-8-19/h4-5,9,19H,6-8,10-11H2,1H3. The van der Waals surface area contributed by atoms with Crippen LogP contribution in [0.5, 0.6) is 0 Å². The lowest BCUT2D eigenvalue weighted by molar-refractivity contribution is -0.134. The maximum absolute atomic E-state index is 13.3. The summed E-state index contributed by atoms with van der Waals surface area (Å²) in [5.74, 6) is 5.01. The molecule has 0 spiro atoms. The van der Waals surface area contributed by atoms with Crippen molar-refractivity contribution in [2.45, 2.75) is 6.54 Å². The Morgan fingerprint density at radius 1 is 1.40 bits per heavy atom. The van der Waals surface area contributed by atoms with Gasteiger partial charge >= 0.3 is 0 Å². The highest BCUT2D eigenvalue weighted by Crippen LogP contribution is 2.14. The number of carbonyl (C=O) groups is 1. The van der Waals surface area contributed by atoms with Crippen molar-refractivity contribution in [2.24, 2.45) is 0 Å². The quantitative estimate of drug-likeness (QED) is 0.797. The molecule has 1 aliphatic heterocycles. The fourth-order valence-corrected chi connectivity index (χ4v) is 2.12. The lowest BCUT2D eigenvalue weighted by Crippen LogP contribution is -2.48. The summed E-state index contributed by atoms with van der Waals surface area (Å²) in [5.41, 5.74) is 1.43. The smallest absolute Gasteiger partial charge is 0.236 e. The number of carbonyl (C=O) groups excluding carboxylic acids is 1. The number of aliphatic hydroxyl groups excluding tert-OH is 1. The van der Waals surface area contributed by atoms with Gasteiger partial charge in [-0.3, -0.25) is 9.69 Å². The Balaban J connectivity index is 2.14. The fraction of sp³-hybridized carbons (Fsp3) is 0.400. The van der Waals surface area contributed by atoms with E-state index >= 15 is 0 Å². The van der Waals surface area contributed by atoms with E-state index in [2.05, 4.69) is 11.8 Å². The third-order valence-electron chi connectivity index (χ3n) is 3.30. The van der Waals surface area contributed by atoms with E-state index in [1.807, 2.05) is 4.90 Å². The molecule has 1 N–H and O–H groups in total. The molecule has 0 saturated carbocycles. The van der Waals surface area contributed by atoms with Crippen LogP contribution in [0.4, 0.5) is 4.39 Å². The molecule has 1 heterocycles. The van der Waals surface area contributed by atoms with Crippen LogP contribution in [0.15, 0.2) is 18.2 Å². The van der Waals surface area contributed by atoms with E-state index in [9.17, 15) is 9.18 Å². The van der Waals surface area contributed by atoms with Crippen LogP contribution in [0.2, 0.25) is 0 Å². The zero-order valence-electron chi connectivity index (χ0n) is 11.4. The van der Waals surface area contributed by atoms with Crippen LogP contribution in [0, 0.1) is 17.7 Å². The van der Waals surface area contributed by atoms with Gasteiger partial charge in [0.1, 0.15) is 12.4 Å². The Morgan fingerprint density at radius 2 is 2.20 bits per heavy atom. The largest absolute Gasteiger partial charge is 0.384 e. The van der Waals surface area contributed by atoms with E-state index in [0.29, 0.717) is 25.2 Å². The number of rotatable bonds is 2. The molecule has 0 aromatic heterocycles. The first kappa shape index (κ1) is 14.5. The van der Waals surface area contributed by atoms with Gasteiger partial charge in [0, 0.05) is 32.2 Å². The van der Waals surface area contributed by atoms with Crippen molar-refractivity contribution >= 4 is 5.91 Å². The highest BCUT2D eigenvalue weighted by atomic mass is 19.1. The van der Waals surface area contributed by atoms with Crippen LogP contribution in [-0.2, 0) is 11.3 Å². The monoisotopic (exact) mass is 276 g/mol. The van der Waals surface area contributed by atoms with Crippen LogP contribution in [-0.4, -0.2) is 54.1 Å². The molecule has 1 fully saturated rings. The molecule has 1 aliphatic rings. The second-order valence-electron chi connectivity index (χ2n) is 4.79. The third kappa shape index (κ3) is 3.56. The van der Waals surface area contributed by atoms with Gasteiger partial charge in [-0.05, 0) is 17.7 Å². The van der Waals surface area contributed by atoms with E-state index in [0.717, 1.165) is 12.1 Å². The van der Waals surface area contributed by atoms with E-state index in [1.54, 1.807) is 18.0 Å². The van der Waals surface area contributed by atoms with Crippen molar-refractivity contribution in [3.05, 3.63) is 35.1 Å². The Hall–Kier alpha value is -1.90. The number of aliphatic hydroxyl groups is 1. The number of hydrogen-bond acceptors (Lipinski definition) is 3. The molecule has 0 bridgehead atoms. The minimum atomic E-state index is -0.356. The van der Waals surface area contributed by atoms with Crippen molar-refractivity contribution < 1.29 is 14.3 Å². The number of halogens is 1. The molecule has 0 aliphatic carbocycles. The summed E-state index contributed by atoms with van der Waals surface area (Å²) in [6.45, 7) is 2.13. The summed E-state index contributed by atoms with van der Waals surface area (Å²) in [4.78, 5) is 15.4. The summed E-state index contributed by atoms with van der Waals surface area (Å²) >= 11 is 0. The van der Waals surface area contributed by atoms with Gasteiger partial charge in [0.25, 0.3) is 0 Å². The molecule has 1 aromatic carbocycles. The topological polar surface area (TPSA) is 43.8 Å². The van der Waals surface area contributed by atoms with Crippen LogP contribution in [0.3, 0.4) is 0 Å². The lowest BCUT2D eigenvalue weighted by Gasteiger charge is -2.32. The van der Waals surface area contributed by atoms with E-state index in [1.165, 1.54) is 12.1 Å². The van der Waals surface area contributed by atoms with Crippen LogP contribution < -0.4 is 0 Å². The van der Waals surface area contributed by atoms with Crippen molar-refractivity contribution in [3.63, 3.8) is 0 Å². The Morgan fingerprint density at radius 3 is 2.90 bits per heavy atom. The molecule has 2 rings (SSSR count). The number of piperazine rings is 1. The second-order valence-corrected chi connectivity index (χ2v) is 4.79. The predicted octanol–water partition coefficient (Wildman–Crippen LogP) is 0.443. The molecule has 20 heavy (non-hydrogen) atoms. The van der Waals surface area contributed by atoms with Gasteiger partial charge in [0.05, 0.1) is 6.54 Å². The first-order valence-corrected chi connectivity index (χ1v) is 6.44. The van der Waals surface area contributed by atoms with E-state index in [4.69, 9.17) is 5.11 Å². The fourth-order valence-electron chi connectivity index (χ4n) is 2.12. The second kappa shape index (κ2) is 6.51. The summed E-state index contributed by atoms with van der Waals surface area (Å²) < 4.78 is 13.3. The van der Waals surface area contributed by atoms with Gasteiger partial charge < -0.3 is 10.0 Å². The molecule has 0 atom stereocenters. The maximum atomic E-state index is 13.3. The Labute approximate surface area is 117 Å². The van der Waals surface area contributed by atoms with Crippen molar-refractivity contribution in [3.8, 4) is 11.8 Å². The first-order valence-electron chi connectivity index (χ1n) is 6.44. The minimum absolute atomic E-state index is 0.0846. The SMILES string of the molecule is CN1CCN(Cc2ccc(F)cc2C#CCO)CC1=O. The highest BCUT2D eigenvalue weighted by Gasteiger charge is 2.21. The number of nitrogens with zero attached hydrogens (tertiary/aromatic N) is 2. The molecular weight excluding hydrogens is 259 g/mol. The van der Waals surface area contributed by atoms with Gasteiger partial charge in [-0.2, -0.15) is 0 Å². The molecule has 5 heteroatoms. The van der Waals surface area contributed by atoms with Gasteiger partial charge in [-0.25, -0.2) is 4.39 Å². The van der Waals surface area contributed by atoms with Crippen molar-refractivity contribution in [2.75, 3.05) is 33.3 Å². The van der Waals surface area contributed by atoms with Gasteiger partial charge in [-0.1, -0.05) is 17.9 Å². The molecule has 106 valence electrons. The molecule has 1 amide bonds. The molecule has 1 aromatic rings. The summed E-state index contributed by atoms with van der Waals surface area (Å²) in [6, 6.07) is 4.42. The average molecular weight is 276 g/mol. The number of benzene rings is 1. The zero-order chi connectivity index (χ0) is 14.5. The predicted molar refractivity (Wildman–Crippen MR) is 73.3 cm³/mol. The first-order chi connectivity index (χ1) is 9.60. The van der Waals surface area contributed by atoms with Gasteiger partial charge in [-0.15, -0.1) is 0 Å². The molecule has 0 unspecified atom stereocenters. The summed E-state index contributed by atoms with van der Waals surface area (Å²) in [5, 5.41) is 8.75. The van der Waals surface area contributed by atoms with E-state index in [-0.39, 0.29) is 18.3 Å². The highest BCUT2D eigenvalue weighted by molar-refractivity contribution is 5.78. The Kier molecular flexibility index (Phi) is 4.72. The molecule has 0 radical (unpaired) electrons. The summed E-state index contributed by atoms with van der Waals surface area (Å²) in [7, 11) is 1.79. The number of likely N-dealkylation sites (N-methyl/N-ethyl adjacent to an activating group) is 1. The van der Waals surface area contributed by atoms with Gasteiger partial charge in [0.15, 0.2) is 0 Å². The molecule has 1 saturated heterocycles. The lowest BCUT2D eigenvalue weighted by atomic mass is 10.1. The molecular formula is C15H17FN2O2. The van der Waals surface area contributed by atoms with Crippen LogP contribution in [0.1, 0.15) is 11.1 Å². The van der Waals surface area contributed by atoms with Crippen LogP contribution >= 0.6 is 0 Å². The average Bonchev–Trinajstić information content (AvgIpc) is 2.43. The van der Waals surface area contributed by atoms with Crippen molar-refractivity contribution in [1.29, 1.82) is 0 Å². The third-order valence-corrected chi connectivity index (χ3v) is 3.30. The van der Waals surface area contributed by atoms with Crippen molar-refractivity contribution in [1.82, 2.24) is 9.80 Å². The van der Waals surface area contributed by atoms with E-state index < -0.39 is 0 Å². The summed E-state index contributed by atoms with van der Waals surface area (Å²) in [6.07, 6.45) is 0. The molecule has 4 nitrogen and oxygen atoms in total. The number of hydrogen-bond donors (Lipinski definition) is 1. The van der Waals surface area contributed by atoms with Crippen LogP contribution in [0.25, 0.3) is 0 Å². The maximum Gasteiger partial charge on any atom is 0.236 e. The zero-order valence-corrected chi connectivity index (χ0v) is 11.4. The number of amides is 1. The van der Waals surface area contributed by atoms with Gasteiger partial charge in [0.2, 0.25) is 5.91 Å². The minimum Gasteiger partial charge on any atom is -0.384 e. The normalized spacial score (nSPS) is 15.9. The Bertz CT molecular complexity index is 563.